The second kappa shape index (κ2) is 4.53. The first-order valence-electron chi connectivity index (χ1n) is 4.86. The highest BCUT2D eigenvalue weighted by Gasteiger charge is 2.17. The zero-order valence-corrected chi connectivity index (χ0v) is 10.1. The topological polar surface area (TPSA) is 63.8 Å². The number of anilines is 1. The van der Waals surface area contributed by atoms with E-state index in [9.17, 15) is 0 Å². The predicted octanol–water partition coefficient (Wildman–Crippen LogP) is 1.71. The molecule has 82 valence electrons. The Morgan fingerprint density at radius 2 is 2.27 bits per heavy atom. The number of nitrogens with zero attached hydrogens (tertiary/aromatic N) is 2. The van der Waals surface area contributed by atoms with Gasteiger partial charge in [-0.05, 0) is 26.3 Å². The molecule has 1 aromatic heterocycles. The van der Waals surface area contributed by atoms with Gasteiger partial charge in [-0.2, -0.15) is 5.10 Å². The van der Waals surface area contributed by atoms with Gasteiger partial charge in [0, 0.05) is 5.54 Å². The molecule has 0 aliphatic carbocycles. The lowest BCUT2D eigenvalue weighted by Crippen LogP contribution is -2.31. The van der Waals surface area contributed by atoms with Gasteiger partial charge in [0.25, 0.3) is 0 Å². The van der Waals surface area contributed by atoms with Gasteiger partial charge >= 0.3 is 0 Å². The van der Waals surface area contributed by atoms with Crippen LogP contribution in [0, 0.1) is 0 Å². The molecule has 0 unspecified atom stereocenters. The fourth-order valence-electron chi connectivity index (χ4n) is 1.03. The quantitative estimate of drug-likeness (QED) is 0.762. The number of nitrogens with one attached hydrogen (secondary N) is 1. The lowest BCUT2D eigenvalue weighted by atomic mass is 10.0. The van der Waals surface area contributed by atoms with Crippen molar-refractivity contribution >= 4 is 23.0 Å². The van der Waals surface area contributed by atoms with Crippen molar-refractivity contribution in [2.75, 3.05) is 5.32 Å². The average Bonchev–Trinajstić information content (AvgIpc) is 2.18. The van der Waals surface area contributed by atoms with E-state index in [4.69, 9.17) is 18.0 Å². The average molecular weight is 224 g/mol. The van der Waals surface area contributed by atoms with Gasteiger partial charge in [0.2, 0.25) is 0 Å². The minimum absolute atomic E-state index is 0.0461. The number of rotatable bonds is 4. The molecule has 0 saturated carbocycles. The maximum absolute atomic E-state index is 5.60. The Kier molecular flexibility index (Phi) is 3.57. The number of nitrogens with two attached hydrogens (primary N) is 1. The van der Waals surface area contributed by atoms with Gasteiger partial charge in [0.05, 0.1) is 11.8 Å². The summed E-state index contributed by atoms with van der Waals surface area (Å²) in [5, 5.41) is 11.1. The van der Waals surface area contributed by atoms with E-state index in [1.807, 2.05) is 0 Å². The maximum atomic E-state index is 5.60. The first-order chi connectivity index (χ1) is 6.96. The highest BCUT2D eigenvalue weighted by molar-refractivity contribution is 7.80. The fraction of sp³-hybridized carbons (Fsp3) is 0.500. The van der Waals surface area contributed by atoms with Crippen LogP contribution >= 0.6 is 12.2 Å². The van der Waals surface area contributed by atoms with Crippen LogP contribution in [-0.4, -0.2) is 20.7 Å². The minimum Gasteiger partial charge on any atom is -0.389 e. The molecule has 0 radical (unpaired) electrons. The lowest BCUT2D eigenvalue weighted by molar-refractivity contribution is 0.543. The van der Waals surface area contributed by atoms with Crippen molar-refractivity contribution in [1.82, 2.24) is 10.2 Å². The van der Waals surface area contributed by atoms with Crippen LogP contribution in [-0.2, 0) is 0 Å². The third kappa shape index (κ3) is 3.13. The Bertz CT molecular complexity index is 362. The van der Waals surface area contributed by atoms with Gasteiger partial charge in [-0.3, -0.25) is 0 Å². The molecule has 1 aromatic rings. The minimum atomic E-state index is -0.0461. The zero-order chi connectivity index (χ0) is 11.5. The predicted molar refractivity (Wildman–Crippen MR) is 65.9 cm³/mol. The van der Waals surface area contributed by atoms with E-state index < -0.39 is 0 Å². The normalized spacial score (nSPS) is 11.1. The Balaban J connectivity index is 2.99. The smallest absolute Gasteiger partial charge is 0.159 e. The Morgan fingerprint density at radius 1 is 1.60 bits per heavy atom. The summed E-state index contributed by atoms with van der Waals surface area (Å²) in [6, 6.07) is 1.77. The van der Waals surface area contributed by atoms with Gasteiger partial charge in [-0.25, -0.2) is 0 Å². The van der Waals surface area contributed by atoms with Gasteiger partial charge < -0.3 is 11.1 Å². The summed E-state index contributed by atoms with van der Waals surface area (Å²) in [7, 11) is 0. The number of hydrogen-bond acceptors (Lipinski definition) is 4. The third-order valence-electron chi connectivity index (χ3n) is 2.33. The highest BCUT2D eigenvalue weighted by atomic mass is 32.1. The van der Waals surface area contributed by atoms with Crippen LogP contribution in [0.3, 0.4) is 0 Å². The van der Waals surface area contributed by atoms with E-state index >= 15 is 0 Å². The standard InChI is InChI=1S/C10H16N4S/c1-4-10(2,3)13-9-7(8(11)15)5-6-12-14-9/h5-6H,4H2,1-3H3,(H2,11,15)(H,13,14). The van der Waals surface area contributed by atoms with Gasteiger partial charge in [0.1, 0.15) is 4.99 Å². The van der Waals surface area contributed by atoms with Gasteiger partial charge in [0.15, 0.2) is 5.82 Å². The Hall–Kier alpha value is -1.23. The number of hydrogen-bond donors (Lipinski definition) is 2. The Morgan fingerprint density at radius 3 is 2.80 bits per heavy atom. The molecule has 4 nitrogen and oxygen atoms in total. The lowest BCUT2D eigenvalue weighted by Gasteiger charge is -2.25. The molecule has 5 heteroatoms. The number of thiocarbonyl (C=S) groups is 1. The molecular weight excluding hydrogens is 208 g/mol. The fourth-order valence-corrected chi connectivity index (χ4v) is 1.20. The highest BCUT2D eigenvalue weighted by Crippen LogP contribution is 2.18. The van der Waals surface area contributed by atoms with Crippen LogP contribution in [0.2, 0.25) is 0 Å². The van der Waals surface area contributed by atoms with Crippen LogP contribution < -0.4 is 11.1 Å². The second-order valence-corrected chi connectivity index (χ2v) is 4.46. The van der Waals surface area contributed by atoms with Crippen molar-refractivity contribution in [3.05, 3.63) is 17.8 Å². The second-order valence-electron chi connectivity index (χ2n) is 4.02. The van der Waals surface area contributed by atoms with E-state index in [1.165, 1.54) is 0 Å². The summed E-state index contributed by atoms with van der Waals surface area (Å²) in [6.07, 6.45) is 2.55. The van der Waals surface area contributed by atoms with Crippen molar-refractivity contribution in [2.45, 2.75) is 32.7 Å². The molecule has 0 bridgehead atoms. The first-order valence-corrected chi connectivity index (χ1v) is 5.27. The molecule has 0 spiro atoms. The first kappa shape index (κ1) is 11.8. The maximum Gasteiger partial charge on any atom is 0.159 e. The summed E-state index contributed by atoms with van der Waals surface area (Å²) >= 11 is 4.94. The van der Waals surface area contributed by atoms with Crippen molar-refractivity contribution in [3.8, 4) is 0 Å². The summed E-state index contributed by atoms with van der Waals surface area (Å²) < 4.78 is 0. The van der Waals surface area contributed by atoms with E-state index in [0.717, 1.165) is 12.0 Å². The third-order valence-corrected chi connectivity index (χ3v) is 2.55. The van der Waals surface area contributed by atoms with E-state index in [1.54, 1.807) is 12.3 Å². The summed E-state index contributed by atoms with van der Waals surface area (Å²) in [5.41, 5.74) is 6.29. The van der Waals surface area contributed by atoms with Crippen molar-refractivity contribution in [1.29, 1.82) is 0 Å². The molecular formula is C10H16N4S. The summed E-state index contributed by atoms with van der Waals surface area (Å²) in [4.78, 5) is 0.333. The van der Waals surface area contributed by atoms with Crippen LogP contribution in [0.15, 0.2) is 12.3 Å². The van der Waals surface area contributed by atoms with E-state index in [-0.39, 0.29) is 5.54 Å². The van der Waals surface area contributed by atoms with Gasteiger partial charge in [-0.15, -0.1) is 5.10 Å². The van der Waals surface area contributed by atoms with Crippen molar-refractivity contribution in [3.63, 3.8) is 0 Å². The zero-order valence-electron chi connectivity index (χ0n) is 9.24. The molecule has 0 aliphatic rings. The number of aromatic nitrogens is 2. The summed E-state index contributed by atoms with van der Waals surface area (Å²) in [6.45, 7) is 6.28. The van der Waals surface area contributed by atoms with Crippen LogP contribution in [0.5, 0.6) is 0 Å². The monoisotopic (exact) mass is 224 g/mol. The molecule has 0 aromatic carbocycles. The molecule has 0 saturated heterocycles. The molecule has 0 amide bonds. The van der Waals surface area contributed by atoms with E-state index in [2.05, 4.69) is 36.3 Å². The van der Waals surface area contributed by atoms with Crippen molar-refractivity contribution < 1.29 is 0 Å². The Labute approximate surface area is 95.3 Å². The largest absolute Gasteiger partial charge is 0.389 e. The SMILES string of the molecule is CCC(C)(C)Nc1nnccc1C(N)=S. The molecule has 1 rings (SSSR count). The van der Waals surface area contributed by atoms with Crippen molar-refractivity contribution in [2.24, 2.45) is 5.73 Å². The van der Waals surface area contributed by atoms with Crippen LogP contribution in [0.4, 0.5) is 5.82 Å². The van der Waals surface area contributed by atoms with Crippen LogP contribution in [0.25, 0.3) is 0 Å². The molecule has 15 heavy (non-hydrogen) atoms. The van der Waals surface area contributed by atoms with Crippen LogP contribution in [0.1, 0.15) is 32.8 Å². The summed E-state index contributed by atoms with van der Waals surface area (Å²) in [5.74, 6) is 0.650. The molecule has 1 heterocycles. The molecule has 0 atom stereocenters. The van der Waals surface area contributed by atoms with E-state index in [0.29, 0.717) is 10.8 Å². The van der Waals surface area contributed by atoms with Gasteiger partial charge in [-0.1, -0.05) is 19.1 Å². The molecule has 0 fully saturated rings. The molecule has 0 aliphatic heterocycles. The molecule has 3 N–H and O–H groups in total.